The summed E-state index contributed by atoms with van der Waals surface area (Å²) in [4.78, 5) is 11.7. The van der Waals surface area contributed by atoms with Gasteiger partial charge in [0.1, 0.15) is 11.6 Å². The summed E-state index contributed by atoms with van der Waals surface area (Å²) in [6.45, 7) is 8.39. The molecule has 2 aliphatic rings. The topological polar surface area (TPSA) is 59.7 Å². The lowest BCUT2D eigenvalue weighted by molar-refractivity contribution is 0.193. The van der Waals surface area contributed by atoms with Crippen LogP contribution in [0.15, 0.2) is 6.07 Å². The Labute approximate surface area is 143 Å². The van der Waals surface area contributed by atoms with Gasteiger partial charge in [0.2, 0.25) is 0 Å². The fraction of sp³-hybridized carbons (Fsp3) is 0.667. The standard InChI is InChI=1S/C18H26N6/c1-4-13-10-18(20-17(5-2)19-13)23-7-6-15-16(11-23)24(22-21-15)14-8-12(3)9-14/h10,12,14H,4-9,11H2,1-3H3. The highest BCUT2D eigenvalue weighted by atomic mass is 15.5. The molecule has 0 saturated heterocycles. The summed E-state index contributed by atoms with van der Waals surface area (Å²) >= 11 is 0. The highest BCUT2D eigenvalue weighted by Crippen LogP contribution is 2.38. The van der Waals surface area contributed by atoms with Crippen molar-refractivity contribution in [2.45, 2.75) is 65.5 Å². The Balaban J connectivity index is 1.61. The lowest BCUT2D eigenvalue weighted by Crippen LogP contribution is -2.35. The summed E-state index contributed by atoms with van der Waals surface area (Å²) in [5, 5.41) is 8.89. The van der Waals surface area contributed by atoms with Crippen LogP contribution in [0.1, 0.15) is 62.6 Å². The number of hydrogen-bond acceptors (Lipinski definition) is 5. The third-order valence-corrected chi connectivity index (χ3v) is 5.34. The first-order chi connectivity index (χ1) is 11.7. The molecular formula is C18H26N6. The molecule has 1 saturated carbocycles. The Kier molecular flexibility index (Phi) is 3.98. The number of aryl methyl sites for hydroxylation is 2. The molecule has 4 rings (SSSR count). The second-order valence-electron chi connectivity index (χ2n) is 7.17. The van der Waals surface area contributed by atoms with Crippen LogP contribution < -0.4 is 4.90 Å². The van der Waals surface area contributed by atoms with Crippen LogP contribution in [-0.2, 0) is 25.8 Å². The van der Waals surface area contributed by atoms with E-state index in [4.69, 9.17) is 4.98 Å². The summed E-state index contributed by atoms with van der Waals surface area (Å²) in [6.07, 6.45) is 5.22. The van der Waals surface area contributed by atoms with Gasteiger partial charge in [-0.1, -0.05) is 26.0 Å². The van der Waals surface area contributed by atoms with Gasteiger partial charge in [0, 0.05) is 31.1 Å². The van der Waals surface area contributed by atoms with E-state index in [0.29, 0.717) is 6.04 Å². The van der Waals surface area contributed by atoms with Crippen molar-refractivity contribution < 1.29 is 0 Å². The lowest BCUT2D eigenvalue weighted by Gasteiger charge is -2.35. The Hall–Kier alpha value is -1.98. The van der Waals surface area contributed by atoms with Gasteiger partial charge in [-0.2, -0.15) is 0 Å². The Morgan fingerprint density at radius 1 is 1.17 bits per heavy atom. The predicted octanol–water partition coefficient (Wildman–Crippen LogP) is 2.73. The van der Waals surface area contributed by atoms with Crippen LogP contribution >= 0.6 is 0 Å². The van der Waals surface area contributed by atoms with Gasteiger partial charge >= 0.3 is 0 Å². The van der Waals surface area contributed by atoms with Gasteiger partial charge in [0.25, 0.3) is 0 Å². The summed E-state index contributed by atoms with van der Waals surface area (Å²) in [6, 6.07) is 2.68. The minimum atomic E-state index is 0.541. The molecule has 2 aromatic heterocycles. The van der Waals surface area contributed by atoms with Crippen molar-refractivity contribution >= 4 is 5.82 Å². The maximum atomic E-state index is 4.77. The smallest absolute Gasteiger partial charge is 0.132 e. The first-order valence-corrected chi connectivity index (χ1v) is 9.22. The number of fused-ring (bicyclic) bond motifs is 1. The summed E-state index contributed by atoms with van der Waals surface area (Å²) in [7, 11) is 0. The summed E-state index contributed by atoms with van der Waals surface area (Å²) in [5.41, 5.74) is 3.58. The van der Waals surface area contributed by atoms with E-state index in [9.17, 15) is 0 Å². The zero-order valence-corrected chi connectivity index (χ0v) is 14.9. The van der Waals surface area contributed by atoms with Gasteiger partial charge in [-0.3, -0.25) is 0 Å². The van der Waals surface area contributed by atoms with Gasteiger partial charge < -0.3 is 4.90 Å². The van der Waals surface area contributed by atoms with Crippen LogP contribution in [0.25, 0.3) is 0 Å². The number of nitrogens with zero attached hydrogens (tertiary/aromatic N) is 6. The first kappa shape index (κ1) is 15.5. The molecule has 24 heavy (non-hydrogen) atoms. The van der Waals surface area contributed by atoms with Crippen molar-refractivity contribution in [2.75, 3.05) is 11.4 Å². The third-order valence-electron chi connectivity index (χ3n) is 5.34. The number of anilines is 1. The molecule has 0 radical (unpaired) electrons. The van der Waals surface area contributed by atoms with Crippen LogP contribution in [0.2, 0.25) is 0 Å². The second kappa shape index (κ2) is 6.15. The molecule has 0 N–H and O–H groups in total. The minimum absolute atomic E-state index is 0.541. The third kappa shape index (κ3) is 2.68. The molecule has 0 spiro atoms. The maximum absolute atomic E-state index is 4.77. The molecule has 0 amide bonds. The maximum Gasteiger partial charge on any atom is 0.132 e. The van der Waals surface area contributed by atoms with E-state index >= 15 is 0 Å². The Morgan fingerprint density at radius 2 is 2.00 bits per heavy atom. The molecule has 3 heterocycles. The average Bonchev–Trinajstić information content (AvgIpc) is 3.01. The molecule has 2 aromatic rings. The van der Waals surface area contributed by atoms with Crippen LogP contribution in [-0.4, -0.2) is 31.5 Å². The SMILES string of the molecule is CCc1cc(N2CCc3nnn(C4CC(C)C4)c3C2)nc(CC)n1. The average molecular weight is 326 g/mol. The predicted molar refractivity (Wildman–Crippen MR) is 93.0 cm³/mol. The Bertz CT molecular complexity index is 709. The van der Waals surface area contributed by atoms with E-state index in [2.05, 4.69) is 51.7 Å². The monoisotopic (exact) mass is 326 g/mol. The van der Waals surface area contributed by atoms with Crippen molar-refractivity contribution in [2.24, 2.45) is 5.92 Å². The molecule has 6 nitrogen and oxygen atoms in total. The number of hydrogen-bond donors (Lipinski definition) is 0. The molecule has 128 valence electrons. The fourth-order valence-corrected chi connectivity index (χ4v) is 3.79. The quantitative estimate of drug-likeness (QED) is 0.864. The molecule has 0 aromatic carbocycles. The molecule has 1 fully saturated rings. The lowest BCUT2D eigenvalue weighted by atomic mass is 9.82. The first-order valence-electron chi connectivity index (χ1n) is 9.22. The van der Waals surface area contributed by atoms with E-state index in [0.717, 1.165) is 55.6 Å². The van der Waals surface area contributed by atoms with Crippen molar-refractivity contribution in [1.82, 2.24) is 25.0 Å². The van der Waals surface area contributed by atoms with Crippen LogP contribution in [0, 0.1) is 5.92 Å². The number of rotatable bonds is 4. The van der Waals surface area contributed by atoms with E-state index in [1.807, 2.05) is 0 Å². The molecular weight excluding hydrogens is 300 g/mol. The Morgan fingerprint density at radius 3 is 2.71 bits per heavy atom. The molecule has 0 bridgehead atoms. The van der Waals surface area contributed by atoms with Crippen LogP contribution in [0.3, 0.4) is 0 Å². The summed E-state index contributed by atoms with van der Waals surface area (Å²) in [5.74, 6) is 2.81. The zero-order chi connectivity index (χ0) is 16.7. The highest BCUT2D eigenvalue weighted by molar-refractivity contribution is 5.43. The van der Waals surface area contributed by atoms with Gasteiger partial charge in [-0.25, -0.2) is 14.6 Å². The van der Waals surface area contributed by atoms with Crippen molar-refractivity contribution in [3.05, 3.63) is 29.0 Å². The van der Waals surface area contributed by atoms with E-state index in [1.54, 1.807) is 0 Å². The zero-order valence-electron chi connectivity index (χ0n) is 14.9. The van der Waals surface area contributed by atoms with Crippen LogP contribution in [0.5, 0.6) is 0 Å². The second-order valence-corrected chi connectivity index (χ2v) is 7.17. The number of aromatic nitrogens is 5. The minimum Gasteiger partial charge on any atom is -0.350 e. The van der Waals surface area contributed by atoms with E-state index < -0.39 is 0 Å². The molecule has 0 atom stereocenters. The normalized spacial score (nSPS) is 23.0. The van der Waals surface area contributed by atoms with Gasteiger partial charge in [-0.15, -0.1) is 5.10 Å². The van der Waals surface area contributed by atoms with Gasteiger partial charge in [0.05, 0.1) is 24.0 Å². The van der Waals surface area contributed by atoms with Crippen molar-refractivity contribution in [3.63, 3.8) is 0 Å². The van der Waals surface area contributed by atoms with Gasteiger partial charge in [-0.05, 0) is 25.2 Å². The molecule has 1 aliphatic carbocycles. The van der Waals surface area contributed by atoms with E-state index in [1.165, 1.54) is 24.2 Å². The highest BCUT2D eigenvalue weighted by Gasteiger charge is 2.32. The van der Waals surface area contributed by atoms with Crippen LogP contribution in [0.4, 0.5) is 5.82 Å². The fourth-order valence-electron chi connectivity index (χ4n) is 3.79. The largest absolute Gasteiger partial charge is 0.350 e. The van der Waals surface area contributed by atoms with Crippen molar-refractivity contribution in [1.29, 1.82) is 0 Å². The van der Waals surface area contributed by atoms with Crippen molar-refractivity contribution in [3.8, 4) is 0 Å². The van der Waals surface area contributed by atoms with E-state index in [-0.39, 0.29) is 0 Å². The summed E-state index contributed by atoms with van der Waals surface area (Å²) < 4.78 is 2.18. The molecule has 6 heteroatoms. The molecule has 1 aliphatic heterocycles. The molecule has 0 unspecified atom stereocenters. The van der Waals surface area contributed by atoms with Gasteiger partial charge in [0.15, 0.2) is 0 Å².